The van der Waals surface area contributed by atoms with Crippen LogP contribution in [0.25, 0.3) is 0 Å². The number of ketones is 1. The summed E-state index contributed by atoms with van der Waals surface area (Å²) in [6.45, 7) is 6.51. The van der Waals surface area contributed by atoms with E-state index >= 15 is 0 Å². The van der Waals surface area contributed by atoms with Gasteiger partial charge in [-0.25, -0.2) is 4.39 Å². The van der Waals surface area contributed by atoms with Crippen molar-refractivity contribution in [1.82, 2.24) is 10.2 Å². The zero-order valence-corrected chi connectivity index (χ0v) is 17.4. The lowest BCUT2D eigenvalue weighted by Gasteiger charge is -2.33. The second-order valence-electron chi connectivity index (χ2n) is 6.91. The first-order valence-corrected chi connectivity index (χ1v) is 10.5. The number of Topliss-reactive ketones (excluding diaryl/α,β-unsaturated/α-hetero) is 1. The summed E-state index contributed by atoms with van der Waals surface area (Å²) < 4.78 is 25.3. The highest BCUT2D eigenvalue weighted by Crippen LogP contribution is 2.25. The third kappa shape index (κ3) is 5.91. The number of hydrogen-bond acceptors (Lipinski definition) is 6. The number of halogens is 1. The van der Waals surface area contributed by atoms with Crippen LogP contribution in [-0.2, 0) is 9.53 Å². The van der Waals surface area contributed by atoms with Crippen LogP contribution in [0.3, 0.4) is 0 Å². The van der Waals surface area contributed by atoms with Gasteiger partial charge in [0.15, 0.2) is 5.78 Å². The smallest absolute Gasteiger partial charge is 0.230 e. The summed E-state index contributed by atoms with van der Waals surface area (Å²) in [4.78, 5) is 26.2. The number of aryl methyl sites for hydroxylation is 1. The molecule has 1 atom stereocenters. The molecule has 8 heteroatoms. The number of amides is 1. The van der Waals surface area contributed by atoms with Crippen molar-refractivity contribution < 1.29 is 23.1 Å². The van der Waals surface area contributed by atoms with Crippen LogP contribution in [-0.4, -0.2) is 55.2 Å². The number of ether oxygens (including phenoxy) is 1. The molecular formula is C21H25FN2O4S. The zero-order chi connectivity index (χ0) is 20.8. The summed E-state index contributed by atoms with van der Waals surface area (Å²) in [5.74, 6) is 0.844. The highest BCUT2D eigenvalue weighted by atomic mass is 32.2. The van der Waals surface area contributed by atoms with E-state index in [1.807, 2.05) is 19.1 Å². The van der Waals surface area contributed by atoms with Crippen LogP contribution in [0.4, 0.5) is 4.39 Å². The van der Waals surface area contributed by atoms with Crippen LogP contribution in [0, 0.1) is 12.7 Å². The summed E-state index contributed by atoms with van der Waals surface area (Å²) in [6.07, 6.45) is 0. The van der Waals surface area contributed by atoms with E-state index in [9.17, 15) is 14.0 Å². The summed E-state index contributed by atoms with van der Waals surface area (Å²) in [7, 11) is 0. The lowest BCUT2D eigenvalue weighted by Crippen LogP contribution is -2.44. The number of carbonyl (C=O) groups excluding carboxylic acids is 2. The van der Waals surface area contributed by atoms with Crippen LogP contribution >= 0.6 is 11.8 Å². The van der Waals surface area contributed by atoms with Gasteiger partial charge in [0.05, 0.1) is 25.0 Å². The Kier molecular flexibility index (Phi) is 7.46. The van der Waals surface area contributed by atoms with E-state index in [2.05, 4.69) is 10.2 Å². The molecule has 0 aliphatic carbocycles. The van der Waals surface area contributed by atoms with E-state index in [0.29, 0.717) is 30.2 Å². The van der Waals surface area contributed by atoms with Crippen LogP contribution in [0.15, 0.2) is 39.6 Å². The number of benzene rings is 1. The largest absolute Gasteiger partial charge is 0.465 e. The number of thioether (sulfide) groups is 1. The molecule has 6 nitrogen and oxygen atoms in total. The van der Waals surface area contributed by atoms with Crippen molar-refractivity contribution in [3.05, 3.63) is 53.2 Å². The Hall–Kier alpha value is -2.16. The number of morpholine rings is 1. The molecule has 1 unspecified atom stereocenters. The van der Waals surface area contributed by atoms with Crippen molar-refractivity contribution >= 4 is 23.5 Å². The maximum Gasteiger partial charge on any atom is 0.230 e. The second kappa shape index (κ2) is 10.0. The molecule has 156 valence electrons. The minimum absolute atomic E-state index is 0.0758. The van der Waals surface area contributed by atoms with Crippen molar-refractivity contribution in [2.45, 2.75) is 24.8 Å². The molecule has 0 saturated carbocycles. The summed E-state index contributed by atoms with van der Waals surface area (Å²) in [5.41, 5.74) is 0.318. The monoisotopic (exact) mass is 420 g/mol. The molecule has 2 heterocycles. The van der Waals surface area contributed by atoms with Crippen molar-refractivity contribution in [3.8, 4) is 0 Å². The van der Waals surface area contributed by atoms with Crippen molar-refractivity contribution in [3.63, 3.8) is 0 Å². The molecule has 3 rings (SSSR count). The molecule has 2 aromatic rings. The molecule has 1 amide bonds. The molecule has 1 aromatic heterocycles. The Morgan fingerprint density at radius 1 is 1.24 bits per heavy atom. The third-order valence-corrected chi connectivity index (χ3v) is 5.81. The standard InChI is InChI=1S/C21H25FN2O4S/c1-14-3-5-19(28-14)18(24-7-9-27-10-8-24)12-23-21(26)13-29-20-6-4-16(15(2)25)11-17(20)22/h3-6,11,18H,7-10,12-13H2,1-2H3,(H,23,26). The fraction of sp³-hybridized carbons (Fsp3) is 0.429. The minimum atomic E-state index is -0.493. The van der Waals surface area contributed by atoms with Gasteiger partial charge in [-0.3, -0.25) is 14.5 Å². The number of rotatable bonds is 8. The van der Waals surface area contributed by atoms with Gasteiger partial charge in [0, 0.05) is 30.1 Å². The van der Waals surface area contributed by atoms with Crippen molar-refractivity contribution in [2.24, 2.45) is 0 Å². The SMILES string of the molecule is CC(=O)c1ccc(SCC(=O)NCC(c2ccc(C)o2)N2CCOCC2)c(F)c1. The van der Waals surface area contributed by atoms with Crippen molar-refractivity contribution in [2.75, 3.05) is 38.6 Å². The Labute approximate surface area is 173 Å². The molecule has 1 aliphatic heterocycles. The number of furan rings is 1. The second-order valence-corrected chi connectivity index (χ2v) is 7.92. The van der Waals surface area contributed by atoms with Gasteiger partial charge in [0.1, 0.15) is 17.3 Å². The van der Waals surface area contributed by atoms with Gasteiger partial charge in [-0.1, -0.05) is 6.07 Å². The topological polar surface area (TPSA) is 71.8 Å². The Balaban J connectivity index is 1.56. The average molecular weight is 421 g/mol. The van der Waals surface area contributed by atoms with E-state index in [4.69, 9.17) is 9.15 Å². The predicted molar refractivity (Wildman–Crippen MR) is 109 cm³/mol. The first kappa shape index (κ1) is 21.5. The first-order valence-electron chi connectivity index (χ1n) is 9.52. The van der Waals surface area contributed by atoms with Gasteiger partial charge in [-0.15, -0.1) is 11.8 Å². The van der Waals surface area contributed by atoms with E-state index in [-0.39, 0.29) is 23.5 Å². The Bertz CT molecular complexity index is 864. The molecule has 29 heavy (non-hydrogen) atoms. The molecule has 1 fully saturated rings. The van der Waals surface area contributed by atoms with Gasteiger partial charge in [-0.2, -0.15) is 0 Å². The Morgan fingerprint density at radius 3 is 2.62 bits per heavy atom. The molecule has 0 bridgehead atoms. The molecule has 0 radical (unpaired) electrons. The van der Waals surface area contributed by atoms with Gasteiger partial charge in [0.25, 0.3) is 0 Å². The van der Waals surface area contributed by atoms with Gasteiger partial charge < -0.3 is 14.5 Å². The van der Waals surface area contributed by atoms with Crippen LogP contribution in [0.2, 0.25) is 0 Å². The van der Waals surface area contributed by atoms with Gasteiger partial charge in [-0.05, 0) is 38.1 Å². The fourth-order valence-electron chi connectivity index (χ4n) is 3.17. The van der Waals surface area contributed by atoms with E-state index < -0.39 is 5.82 Å². The number of carbonyl (C=O) groups is 2. The normalized spacial score (nSPS) is 15.8. The highest BCUT2D eigenvalue weighted by Gasteiger charge is 2.25. The van der Waals surface area contributed by atoms with Gasteiger partial charge >= 0.3 is 0 Å². The zero-order valence-electron chi connectivity index (χ0n) is 16.6. The maximum absolute atomic E-state index is 14.1. The van der Waals surface area contributed by atoms with Crippen LogP contribution < -0.4 is 5.32 Å². The number of nitrogens with one attached hydrogen (secondary N) is 1. The van der Waals surface area contributed by atoms with Gasteiger partial charge in [0.2, 0.25) is 5.91 Å². The maximum atomic E-state index is 14.1. The van der Waals surface area contributed by atoms with E-state index in [1.54, 1.807) is 6.07 Å². The Morgan fingerprint density at radius 2 is 2.00 bits per heavy atom. The van der Waals surface area contributed by atoms with Crippen LogP contribution in [0.1, 0.15) is 34.8 Å². The molecular weight excluding hydrogens is 395 g/mol. The molecule has 1 N–H and O–H groups in total. The average Bonchev–Trinajstić information content (AvgIpc) is 3.14. The third-order valence-electron chi connectivity index (χ3n) is 4.77. The lowest BCUT2D eigenvalue weighted by atomic mass is 10.1. The molecule has 1 aromatic carbocycles. The summed E-state index contributed by atoms with van der Waals surface area (Å²) >= 11 is 1.11. The van der Waals surface area contributed by atoms with Crippen molar-refractivity contribution in [1.29, 1.82) is 0 Å². The predicted octanol–water partition coefficient (Wildman–Crippen LogP) is 3.21. The van der Waals surface area contributed by atoms with E-state index in [1.165, 1.54) is 19.1 Å². The quantitative estimate of drug-likeness (QED) is 0.522. The van der Waals surface area contributed by atoms with Crippen LogP contribution in [0.5, 0.6) is 0 Å². The number of hydrogen-bond donors (Lipinski definition) is 1. The minimum Gasteiger partial charge on any atom is -0.465 e. The molecule has 1 saturated heterocycles. The van der Waals surface area contributed by atoms with E-state index in [0.717, 1.165) is 36.4 Å². The summed E-state index contributed by atoms with van der Waals surface area (Å²) in [5, 5.41) is 2.93. The first-order chi connectivity index (χ1) is 13.9. The fourth-order valence-corrected chi connectivity index (χ4v) is 3.92. The molecule has 0 spiro atoms. The number of nitrogens with zero attached hydrogens (tertiary/aromatic N) is 1. The lowest BCUT2D eigenvalue weighted by molar-refractivity contribution is -0.118. The summed E-state index contributed by atoms with van der Waals surface area (Å²) in [6, 6.07) is 8.08. The molecule has 1 aliphatic rings. The highest BCUT2D eigenvalue weighted by molar-refractivity contribution is 8.00.